The third-order valence-corrected chi connectivity index (χ3v) is 8.07. The van der Waals surface area contributed by atoms with Crippen molar-refractivity contribution >= 4 is 9.84 Å². The minimum absolute atomic E-state index is 0.0394. The highest BCUT2D eigenvalue weighted by Gasteiger charge is 2.48. The molecule has 1 heterocycles. The van der Waals surface area contributed by atoms with Crippen LogP contribution in [-0.4, -0.2) is 35.6 Å². The fourth-order valence-corrected chi connectivity index (χ4v) is 6.66. The molecule has 3 rings (SSSR count). The lowest BCUT2D eigenvalue weighted by molar-refractivity contribution is 0.0174. The van der Waals surface area contributed by atoms with Crippen LogP contribution in [0.2, 0.25) is 0 Å². The number of unbranched alkanes of at least 4 members (excludes halogenated alkanes) is 1. The van der Waals surface area contributed by atoms with Gasteiger partial charge in [0.2, 0.25) is 0 Å². The summed E-state index contributed by atoms with van der Waals surface area (Å²) in [7, 11) is -3.65. The van der Waals surface area contributed by atoms with Crippen molar-refractivity contribution < 1.29 is 23.7 Å². The van der Waals surface area contributed by atoms with Gasteiger partial charge >= 0.3 is 0 Å². The normalized spacial score (nSPS) is 26.4. The van der Waals surface area contributed by atoms with E-state index in [9.17, 15) is 23.7 Å². The first-order valence-electron chi connectivity index (χ1n) is 9.77. The molecule has 3 atom stereocenters. The Labute approximate surface area is 166 Å². The number of fused-ring (bicyclic) bond motifs is 1. The molecule has 0 aromatic heterocycles. The van der Waals surface area contributed by atoms with Crippen molar-refractivity contribution in [3.05, 3.63) is 53.6 Å². The van der Waals surface area contributed by atoms with Gasteiger partial charge in [-0.2, -0.15) is 0 Å². The Balaban J connectivity index is 2.28. The molecule has 0 amide bonds. The van der Waals surface area contributed by atoms with Crippen molar-refractivity contribution in [2.24, 2.45) is 5.41 Å². The predicted octanol–water partition coefficient (Wildman–Crippen LogP) is 3.96. The molecule has 1 aliphatic rings. The molecule has 1 unspecified atom stereocenters. The summed E-state index contributed by atoms with van der Waals surface area (Å²) in [6, 6.07) is 10.7. The molecular weight excluding hydrogens is 376 g/mol. The van der Waals surface area contributed by atoms with Gasteiger partial charge in [0.1, 0.15) is 11.5 Å². The molecule has 0 radical (unpaired) electrons. The number of phenolic OH excluding ortho intramolecular Hbond substituents is 2. The molecule has 2 aromatic carbocycles. The molecule has 0 saturated carbocycles. The summed E-state index contributed by atoms with van der Waals surface area (Å²) in [6.07, 6.45) is 1.93. The van der Waals surface area contributed by atoms with Crippen LogP contribution in [0.5, 0.6) is 11.5 Å². The fraction of sp³-hybridized carbons (Fsp3) is 0.455. The second kappa shape index (κ2) is 7.76. The van der Waals surface area contributed by atoms with E-state index in [0.29, 0.717) is 24.0 Å². The Morgan fingerprint density at radius 1 is 1.04 bits per heavy atom. The average Bonchev–Trinajstić information content (AvgIpc) is 2.72. The van der Waals surface area contributed by atoms with E-state index in [1.165, 1.54) is 30.3 Å². The topological polar surface area (TPSA) is 94.8 Å². The van der Waals surface area contributed by atoms with Gasteiger partial charge in [-0.25, -0.2) is 8.42 Å². The van der Waals surface area contributed by atoms with Crippen LogP contribution in [-0.2, 0) is 9.84 Å². The summed E-state index contributed by atoms with van der Waals surface area (Å²) in [5.74, 6) is -0.674. The minimum Gasteiger partial charge on any atom is -0.508 e. The molecule has 0 spiro atoms. The summed E-state index contributed by atoms with van der Waals surface area (Å²) in [5, 5.41) is 31.3. The van der Waals surface area contributed by atoms with Gasteiger partial charge in [-0.05, 0) is 54.3 Å². The number of hydrogen-bond donors (Lipinski definition) is 3. The van der Waals surface area contributed by atoms with Gasteiger partial charge in [-0.3, -0.25) is 0 Å². The molecule has 0 fully saturated rings. The van der Waals surface area contributed by atoms with Crippen molar-refractivity contribution in [2.45, 2.75) is 56.4 Å². The largest absolute Gasteiger partial charge is 0.508 e. The second-order valence-corrected chi connectivity index (χ2v) is 9.77. The highest BCUT2D eigenvalue weighted by molar-refractivity contribution is 7.91. The van der Waals surface area contributed by atoms with E-state index in [-0.39, 0.29) is 22.1 Å². The zero-order valence-electron chi connectivity index (χ0n) is 16.3. The first-order chi connectivity index (χ1) is 13.2. The number of sulfone groups is 1. The van der Waals surface area contributed by atoms with E-state index in [1.54, 1.807) is 12.1 Å². The van der Waals surface area contributed by atoms with E-state index in [1.807, 2.05) is 13.8 Å². The number of aromatic hydroxyl groups is 2. The van der Waals surface area contributed by atoms with Crippen molar-refractivity contribution in [1.82, 2.24) is 0 Å². The van der Waals surface area contributed by atoms with E-state index in [4.69, 9.17) is 0 Å². The molecule has 3 N–H and O–H groups in total. The Morgan fingerprint density at radius 2 is 1.68 bits per heavy atom. The maximum Gasteiger partial charge on any atom is 0.179 e. The number of aliphatic hydroxyl groups is 1. The Kier molecular flexibility index (Phi) is 5.73. The lowest BCUT2D eigenvalue weighted by Gasteiger charge is -2.39. The standard InChI is InChI=1S/C22H28O5S/c1-3-5-12-22(4-2)14-28(26,27)19-11-10-17(24)13-18(19)20(21(22)25)15-6-8-16(23)9-7-15/h6-11,13,20-21,23-25H,3-5,12,14H2,1-2H3/t20-,21?,22-/m1/s1. The van der Waals surface area contributed by atoms with Gasteiger partial charge in [0.15, 0.2) is 9.84 Å². The summed E-state index contributed by atoms with van der Waals surface area (Å²) < 4.78 is 26.6. The van der Waals surface area contributed by atoms with Gasteiger partial charge < -0.3 is 15.3 Å². The number of benzene rings is 2. The number of hydrogen-bond acceptors (Lipinski definition) is 5. The zero-order valence-corrected chi connectivity index (χ0v) is 17.1. The maximum absolute atomic E-state index is 13.3. The lowest BCUT2D eigenvalue weighted by Crippen LogP contribution is -2.42. The first kappa shape index (κ1) is 20.7. The van der Waals surface area contributed by atoms with Crippen molar-refractivity contribution in [2.75, 3.05) is 5.75 Å². The quantitative estimate of drug-likeness (QED) is 0.701. The van der Waals surface area contributed by atoms with Gasteiger partial charge in [-0.1, -0.05) is 38.8 Å². The molecule has 5 nitrogen and oxygen atoms in total. The van der Waals surface area contributed by atoms with E-state index >= 15 is 0 Å². The molecule has 28 heavy (non-hydrogen) atoms. The Morgan fingerprint density at radius 3 is 2.29 bits per heavy atom. The third-order valence-electron chi connectivity index (χ3n) is 6.07. The molecule has 1 aliphatic heterocycles. The summed E-state index contributed by atoms with van der Waals surface area (Å²) in [5.41, 5.74) is 0.333. The van der Waals surface area contributed by atoms with Crippen LogP contribution in [0, 0.1) is 5.41 Å². The van der Waals surface area contributed by atoms with Crippen LogP contribution in [0.15, 0.2) is 47.4 Å². The lowest BCUT2D eigenvalue weighted by atomic mass is 9.69. The van der Waals surface area contributed by atoms with Crippen LogP contribution in [0.1, 0.15) is 56.6 Å². The van der Waals surface area contributed by atoms with Gasteiger partial charge in [-0.15, -0.1) is 0 Å². The summed E-state index contributed by atoms with van der Waals surface area (Å²) in [6.45, 7) is 3.97. The molecule has 0 saturated heterocycles. The average molecular weight is 405 g/mol. The fourth-order valence-electron chi connectivity index (χ4n) is 4.41. The van der Waals surface area contributed by atoms with E-state index in [2.05, 4.69) is 0 Å². The van der Waals surface area contributed by atoms with Crippen LogP contribution < -0.4 is 0 Å². The van der Waals surface area contributed by atoms with Crippen LogP contribution >= 0.6 is 0 Å². The highest BCUT2D eigenvalue weighted by atomic mass is 32.2. The Bertz CT molecular complexity index is 936. The second-order valence-electron chi connectivity index (χ2n) is 7.81. The molecule has 0 aliphatic carbocycles. The predicted molar refractivity (Wildman–Crippen MR) is 108 cm³/mol. The number of phenols is 2. The SMILES string of the molecule is CCCC[C@]1(CC)CS(=O)(=O)c2ccc(O)cc2[C@@H](c2ccc(O)cc2)C1O. The molecule has 152 valence electrons. The van der Waals surface area contributed by atoms with Crippen molar-refractivity contribution in [3.63, 3.8) is 0 Å². The van der Waals surface area contributed by atoms with E-state index in [0.717, 1.165) is 12.8 Å². The molecule has 6 heteroatoms. The van der Waals surface area contributed by atoms with Gasteiger partial charge in [0.05, 0.1) is 16.8 Å². The molecule has 0 bridgehead atoms. The van der Waals surface area contributed by atoms with Gasteiger partial charge in [0, 0.05) is 11.3 Å². The van der Waals surface area contributed by atoms with Crippen LogP contribution in [0.25, 0.3) is 0 Å². The molecular formula is C22H28O5S. The van der Waals surface area contributed by atoms with Crippen molar-refractivity contribution in [3.8, 4) is 11.5 Å². The number of aliphatic hydroxyl groups excluding tert-OH is 1. The summed E-state index contributed by atoms with van der Waals surface area (Å²) >= 11 is 0. The van der Waals surface area contributed by atoms with Crippen LogP contribution in [0.4, 0.5) is 0 Å². The highest BCUT2D eigenvalue weighted by Crippen LogP contribution is 2.49. The van der Waals surface area contributed by atoms with Crippen molar-refractivity contribution in [1.29, 1.82) is 0 Å². The summed E-state index contributed by atoms with van der Waals surface area (Å²) in [4.78, 5) is 0.161. The monoisotopic (exact) mass is 404 g/mol. The zero-order chi connectivity index (χ0) is 20.5. The smallest absolute Gasteiger partial charge is 0.179 e. The van der Waals surface area contributed by atoms with E-state index < -0.39 is 27.3 Å². The van der Waals surface area contributed by atoms with Crippen LogP contribution in [0.3, 0.4) is 0 Å². The maximum atomic E-state index is 13.3. The minimum atomic E-state index is -3.65. The molecule has 2 aromatic rings. The Hall–Kier alpha value is -2.05. The first-order valence-corrected chi connectivity index (χ1v) is 11.4. The third kappa shape index (κ3) is 3.63. The number of rotatable bonds is 5. The van der Waals surface area contributed by atoms with Gasteiger partial charge in [0.25, 0.3) is 0 Å².